The molecule has 1 saturated heterocycles. The van der Waals surface area contributed by atoms with Crippen LogP contribution in [0, 0.1) is 0 Å². The molecule has 0 spiro atoms. The number of ether oxygens (including phenoxy) is 5. The van der Waals surface area contributed by atoms with Crippen molar-refractivity contribution >= 4 is 11.9 Å². The summed E-state index contributed by atoms with van der Waals surface area (Å²) < 4.78 is 27.5. The van der Waals surface area contributed by atoms with Crippen molar-refractivity contribution in [2.45, 2.75) is 51.2 Å². The van der Waals surface area contributed by atoms with Crippen molar-refractivity contribution in [3.8, 4) is 17.2 Å². The molecular weight excluding hydrogens is 436 g/mol. The lowest BCUT2D eigenvalue weighted by molar-refractivity contribution is -0.137. The molecule has 0 bridgehead atoms. The van der Waals surface area contributed by atoms with Gasteiger partial charge in [0.2, 0.25) is 0 Å². The standard InChI is InChI=1S/C27H32O7/c1-2-25(28)31-19-7-4-3-6-18-30-22-12-10-21(11-13-22)27(29)34-24-16-14-23(15-17-24)33-26-9-5-8-20-32-26/h2,10-17,26H,1,3-9,18-20H2. The van der Waals surface area contributed by atoms with E-state index in [4.69, 9.17) is 23.7 Å². The van der Waals surface area contributed by atoms with E-state index in [1.54, 1.807) is 48.5 Å². The number of unbranched alkanes of at least 4 members (excludes halogenated alkanes) is 3. The van der Waals surface area contributed by atoms with Gasteiger partial charge in [-0.2, -0.15) is 0 Å². The largest absolute Gasteiger partial charge is 0.494 e. The molecule has 1 aliphatic rings. The molecule has 1 aliphatic heterocycles. The highest BCUT2D eigenvalue weighted by Gasteiger charge is 2.15. The highest BCUT2D eigenvalue weighted by Crippen LogP contribution is 2.23. The summed E-state index contributed by atoms with van der Waals surface area (Å²) in [6.45, 7) is 5.07. The molecule has 7 heteroatoms. The minimum atomic E-state index is -0.437. The summed E-state index contributed by atoms with van der Waals surface area (Å²) in [7, 11) is 0. The van der Waals surface area contributed by atoms with E-state index in [0.29, 0.717) is 36.0 Å². The van der Waals surface area contributed by atoms with Crippen molar-refractivity contribution < 1.29 is 33.3 Å². The zero-order valence-corrected chi connectivity index (χ0v) is 19.4. The Morgan fingerprint density at radius 2 is 1.56 bits per heavy atom. The van der Waals surface area contributed by atoms with Crippen LogP contribution in [0.5, 0.6) is 17.2 Å². The van der Waals surface area contributed by atoms with E-state index in [2.05, 4.69) is 6.58 Å². The van der Waals surface area contributed by atoms with Crippen LogP contribution in [0.2, 0.25) is 0 Å². The first-order chi connectivity index (χ1) is 16.6. The van der Waals surface area contributed by atoms with Gasteiger partial charge in [0.1, 0.15) is 17.2 Å². The average molecular weight is 469 g/mol. The monoisotopic (exact) mass is 468 g/mol. The lowest BCUT2D eigenvalue weighted by Crippen LogP contribution is -2.24. The van der Waals surface area contributed by atoms with Crippen LogP contribution in [0.15, 0.2) is 61.2 Å². The summed E-state index contributed by atoms with van der Waals surface area (Å²) in [5.41, 5.74) is 0.442. The van der Waals surface area contributed by atoms with E-state index in [0.717, 1.165) is 51.6 Å². The maximum absolute atomic E-state index is 12.4. The van der Waals surface area contributed by atoms with Gasteiger partial charge in [-0.25, -0.2) is 9.59 Å². The van der Waals surface area contributed by atoms with Crippen molar-refractivity contribution in [1.82, 2.24) is 0 Å². The second-order valence-electron chi connectivity index (χ2n) is 7.93. The Kier molecular flexibility index (Phi) is 10.5. The molecule has 1 fully saturated rings. The van der Waals surface area contributed by atoms with Crippen LogP contribution in [0.4, 0.5) is 0 Å². The maximum Gasteiger partial charge on any atom is 0.343 e. The van der Waals surface area contributed by atoms with Gasteiger partial charge in [-0.05, 0) is 87.1 Å². The fraction of sp³-hybridized carbons (Fsp3) is 0.407. The van der Waals surface area contributed by atoms with E-state index in [9.17, 15) is 9.59 Å². The molecule has 0 radical (unpaired) electrons. The van der Waals surface area contributed by atoms with E-state index in [-0.39, 0.29) is 12.3 Å². The third-order valence-corrected chi connectivity index (χ3v) is 5.25. The van der Waals surface area contributed by atoms with Crippen molar-refractivity contribution in [3.63, 3.8) is 0 Å². The highest BCUT2D eigenvalue weighted by atomic mass is 16.7. The number of hydrogen-bond acceptors (Lipinski definition) is 7. The number of rotatable bonds is 13. The summed E-state index contributed by atoms with van der Waals surface area (Å²) in [4.78, 5) is 23.4. The van der Waals surface area contributed by atoms with E-state index in [1.165, 1.54) is 6.08 Å². The normalized spacial score (nSPS) is 15.2. The second-order valence-corrected chi connectivity index (χ2v) is 7.93. The second kappa shape index (κ2) is 14.1. The van der Waals surface area contributed by atoms with Gasteiger partial charge in [0.05, 0.1) is 25.4 Å². The summed E-state index contributed by atoms with van der Waals surface area (Å²) in [6, 6.07) is 13.8. The Morgan fingerprint density at radius 1 is 0.882 bits per heavy atom. The fourth-order valence-corrected chi connectivity index (χ4v) is 3.37. The van der Waals surface area contributed by atoms with E-state index >= 15 is 0 Å². The number of esters is 2. The van der Waals surface area contributed by atoms with Gasteiger partial charge in [0, 0.05) is 12.5 Å². The van der Waals surface area contributed by atoms with Crippen molar-refractivity contribution in [2.24, 2.45) is 0 Å². The molecule has 0 aromatic heterocycles. The van der Waals surface area contributed by atoms with Gasteiger partial charge in [-0.15, -0.1) is 0 Å². The van der Waals surface area contributed by atoms with Crippen LogP contribution < -0.4 is 14.2 Å². The number of carbonyl (C=O) groups excluding carboxylic acids is 2. The molecule has 3 rings (SSSR count). The van der Waals surface area contributed by atoms with Crippen LogP contribution in [0.1, 0.15) is 55.3 Å². The Balaban J connectivity index is 1.33. The number of benzene rings is 2. The van der Waals surface area contributed by atoms with E-state index in [1.807, 2.05) is 0 Å². The molecule has 0 N–H and O–H groups in total. The summed E-state index contributed by atoms with van der Waals surface area (Å²) >= 11 is 0. The summed E-state index contributed by atoms with van der Waals surface area (Å²) in [5.74, 6) is 1.00. The minimum Gasteiger partial charge on any atom is -0.494 e. The molecule has 0 aliphatic carbocycles. The van der Waals surface area contributed by atoms with Crippen molar-refractivity contribution in [1.29, 1.82) is 0 Å². The quantitative estimate of drug-likeness (QED) is 0.167. The zero-order chi connectivity index (χ0) is 24.0. The molecule has 1 atom stereocenters. The van der Waals surface area contributed by atoms with E-state index < -0.39 is 5.97 Å². The maximum atomic E-state index is 12.4. The highest BCUT2D eigenvalue weighted by molar-refractivity contribution is 5.91. The molecule has 0 saturated carbocycles. The molecular formula is C27H32O7. The fourth-order valence-electron chi connectivity index (χ4n) is 3.37. The van der Waals surface area contributed by atoms with Crippen LogP contribution in [-0.2, 0) is 14.3 Å². The van der Waals surface area contributed by atoms with Crippen LogP contribution in [0.25, 0.3) is 0 Å². The first kappa shape index (κ1) is 25.3. The third kappa shape index (κ3) is 8.90. The van der Waals surface area contributed by atoms with Gasteiger partial charge in [-0.3, -0.25) is 0 Å². The van der Waals surface area contributed by atoms with Crippen molar-refractivity contribution in [3.05, 3.63) is 66.7 Å². The minimum absolute atomic E-state index is 0.211. The van der Waals surface area contributed by atoms with Crippen LogP contribution in [0.3, 0.4) is 0 Å². The topological polar surface area (TPSA) is 80.3 Å². The van der Waals surface area contributed by atoms with Gasteiger partial charge in [-0.1, -0.05) is 6.58 Å². The Labute approximate surface area is 200 Å². The molecule has 2 aromatic carbocycles. The Hall–Kier alpha value is -3.32. The predicted octanol–water partition coefficient (Wildman–Crippen LogP) is 5.48. The van der Waals surface area contributed by atoms with Gasteiger partial charge >= 0.3 is 11.9 Å². The molecule has 1 unspecified atom stereocenters. The summed E-state index contributed by atoms with van der Waals surface area (Å²) in [5, 5.41) is 0. The first-order valence-electron chi connectivity index (χ1n) is 11.8. The number of hydrogen-bond donors (Lipinski definition) is 0. The predicted molar refractivity (Wildman–Crippen MR) is 127 cm³/mol. The van der Waals surface area contributed by atoms with Gasteiger partial charge in [0.15, 0.2) is 6.29 Å². The lowest BCUT2D eigenvalue weighted by Gasteiger charge is -2.23. The Morgan fingerprint density at radius 3 is 2.24 bits per heavy atom. The Bertz CT molecular complexity index is 900. The number of carbonyl (C=O) groups is 2. The third-order valence-electron chi connectivity index (χ3n) is 5.25. The average Bonchev–Trinajstić information content (AvgIpc) is 2.87. The summed E-state index contributed by atoms with van der Waals surface area (Å²) in [6.07, 6.45) is 7.66. The molecule has 34 heavy (non-hydrogen) atoms. The first-order valence-corrected chi connectivity index (χ1v) is 11.8. The molecule has 1 heterocycles. The molecule has 0 amide bonds. The van der Waals surface area contributed by atoms with Crippen LogP contribution >= 0.6 is 0 Å². The smallest absolute Gasteiger partial charge is 0.343 e. The van der Waals surface area contributed by atoms with Gasteiger partial charge in [0.25, 0.3) is 0 Å². The SMILES string of the molecule is C=CC(=O)OCCCCCCOc1ccc(C(=O)Oc2ccc(OC3CCCCO3)cc2)cc1. The molecule has 7 nitrogen and oxygen atoms in total. The molecule has 2 aromatic rings. The zero-order valence-electron chi connectivity index (χ0n) is 19.4. The van der Waals surface area contributed by atoms with Crippen LogP contribution in [-0.4, -0.2) is 38.0 Å². The van der Waals surface area contributed by atoms with Crippen molar-refractivity contribution in [2.75, 3.05) is 19.8 Å². The van der Waals surface area contributed by atoms with Gasteiger partial charge < -0.3 is 23.7 Å². The lowest BCUT2D eigenvalue weighted by atomic mass is 10.2. The molecule has 182 valence electrons.